The summed E-state index contributed by atoms with van der Waals surface area (Å²) in [5.74, 6) is 0. The minimum absolute atomic E-state index is 0. The van der Waals surface area contributed by atoms with Crippen molar-refractivity contribution in [2.24, 2.45) is 0 Å². The summed E-state index contributed by atoms with van der Waals surface area (Å²) >= 11 is 1.45. The second-order valence-corrected chi connectivity index (χ2v) is 22.8. The molecule has 0 aliphatic rings. The van der Waals surface area contributed by atoms with Gasteiger partial charge in [0.2, 0.25) is 0 Å². The summed E-state index contributed by atoms with van der Waals surface area (Å²) in [7, 11) is 0. The van der Waals surface area contributed by atoms with Crippen molar-refractivity contribution in [2.45, 2.75) is 93.2 Å². The van der Waals surface area contributed by atoms with Gasteiger partial charge in [-0.05, 0) is 26.7 Å². The summed E-state index contributed by atoms with van der Waals surface area (Å²) in [4.78, 5) is 0. The van der Waals surface area contributed by atoms with Crippen molar-refractivity contribution in [3.8, 4) is 0 Å². The van der Waals surface area contributed by atoms with E-state index < -0.39 is 0 Å². The number of hydrogen-bond donors (Lipinski definition) is 0. The zero-order valence-electron chi connectivity index (χ0n) is 23.6. The van der Waals surface area contributed by atoms with Gasteiger partial charge in [0.25, 0.3) is 0 Å². The molecule has 0 saturated carbocycles. The first-order chi connectivity index (χ1) is 16.2. The van der Waals surface area contributed by atoms with Crippen LogP contribution in [0.25, 0.3) is 21.5 Å². The number of fused-ring (bicyclic) bond motifs is 2. The van der Waals surface area contributed by atoms with Crippen LogP contribution in [0.5, 0.6) is 0 Å². The number of benzene rings is 2. The minimum Gasteiger partial charge on any atom is -1.00 e. The van der Waals surface area contributed by atoms with Gasteiger partial charge in [0.05, 0.1) is 0 Å². The van der Waals surface area contributed by atoms with Crippen LogP contribution >= 0.6 is 0 Å². The SMILES string of the molecule is CCCCc1cc2c(C)ccc(C)c2[cH-]1.CCCCc1cc2c(C)ccc(C)c2[cH-]1.C[Si](C)=[Hf+2].[Cl-].[Cl-]. The van der Waals surface area contributed by atoms with Gasteiger partial charge < -0.3 is 24.8 Å². The van der Waals surface area contributed by atoms with Gasteiger partial charge in [0.15, 0.2) is 0 Å². The van der Waals surface area contributed by atoms with Crippen molar-refractivity contribution in [1.82, 2.24) is 0 Å². The molecule has 4 aromatic rings. The molecule has 0 aliphatic heterocycles. The number of hydrogen-bond acceptors (Lipinski definition) is 0. The third kappa shape index (κ3) is 10.6. The van der Waals surface area contributed by atoms with Gasteiger partial charge in [-0.25, -0.2) is 0 Å². The van der Waals surface area contributed by atoms with Crippen LogP contribution in [0.4, 0.5) is 0 Å². The average molecular weight is 706 g/mol. The number of unbranched alkanes of at least 4 members (excludes halogenated alkanes) is 2. The van der Waals surface area contributed by atoms with Crippen LogP contribution in [0, 0.1) is 27.7 Å². The van der Waals surface area contributed by atoms with Gasteiger partial charge in [0.1, 0.15) is 0 Å². The van der Waals surface area contributed by atoms with E-state index in [2.05, 4.69) is 103 Å². The fourth-order valence-electron chi connectivity index (χ4n) is 4.35. The van der Waals surface area contributed by atoms with E-state index in [0.717, 1.165) is 0 Å². The third-order valence-electron chi connectivity index (χ3n) is 6.40. The van der Waals surface area contributed by atoms with Crippen LogP contribution in [-0.2, 0) is 35.8 Å². The molecule has 196 valence electrons. The Hall–Kier alpha value is -0.673. The molecule has 0 N–H and O–H groups in total. The summed E-state index contributed by atoms with van der Waals surface area (Å²) in [6.07, 6.45) is 7.61. The van der Waals surface area contributed by atoms with Gasteiger partial charge in [-0.3, -0.25) is 0 Å². The standard InChI is InChI=1S/2C15H19.C2H6Si.2ClH.Hf/c2*1-4-5-6-13-9-14-11(2)7-8-12(3)15(14)10-13;1-3-2;;;/h2*7-10H,4-6H2,1-3H3;1-2H3;2*1H;/q2*-1;;;;+2/p-2. The van der Waals surface area contributed by atoms with Crippen LogP contribution in [0.2, 0.25) is 13.1 Å². The van der Waals surface area contributed by atoms with E-state index in [4.69, 9.17) is 0 Å². The van der Waals surface area contributed by atoms with Gasteiger partial charge in [-0.15, -0.1) is 68.1 Å². The van der Waals surface area contributed by atoms with E-state index in [1.807, 2.05) is 0 Å². The zero-order valence-corrected chi connectivity index (χ0v) is 29.7. The molecule has 0 bridgehead atoms. The molecule has 0 atom stereocenters. The molecule has 4 heteroatoms. The summed E-state index contributed by atoms with van der Waals surface area (Å²) in [5.41, 5.74) is 8.87. The number of halogens is 2. The first-order valence-electron chi connectivity index (χ1n) is 13.0. The maximum atomic E-state index is 2.37. The van der Waals surface area contributed by atoms with Gasteiger partial charge >= 0.3 is 41.6 Å². The normalized spacial score (nSPS) is 10.1. The molecule has 0 amide bonds. The minimum atomic E-state index is 0. The van der Waals surface area contributed by atoms with Gasteiger partial charge in [-0.2, -0.15) is 12.1 Å². The van der Waals surface area contributed by atoms with E-state index in [-0.39, 0.29) is 30.3 Å². The van der Waals surface area contributed by atoms with E-state index in [0.29, 0.717) is 0 Å². The van der Waals surface area contributed by atoms with E-state index in [9.17, 15) is 0 Å². The Balaban J connectivity index is 0.000000566. The van der Waals surface area contributed by atoms with Crippen molar-refractivity contribution in [3.63, 3.8) is 0 Å². The van der Waals surface area contributed by atoms with Crippen LogP contribution in [-0.4, -0.2) is 5.49 Å². The molecule has 0 saturated heterocycles. The van der Waals surface area contributed by atoms with Crippen LogP contribution in [0.3, 0.4) is 0 Å². The quantitative estimate of drug-likeness (QED) is 0.212. The summed E-state index contributed by atoms with van der Waals surface area (Å²) in [6, 6.07) is 18.4. The molecule has 0 aromatic heterocycles. The van der Waals surface area contributed by atoms with Crippen molar-refractivity contribution in [3.05, 3.63) is 81.9 Å². The Morgan fingerprint density at radius 1 is 0.639 bits per heavy atom. The van der Waals surface area contributed by atoms with E-state index in [1.165, 1.54) is 116 Å². The molecule has 0 aliphatic carbocycles. The van der Waals surface area contributed by atoms with Crippen LogP contribution < -0.4 is 24.8 Å². The van der Waals surface area contributed by atoms with Crippen LogP contribution in [0.1, 0.15) is 72.9 Å². The molecule has 0 heterocycles. The molecule has 4 rings (SSSR count). The fourth-order valence-corrected chi connectivity index (χ4v) is 4.35. The smallest absolute Gasteiger partial charge is 1.00 e. The number of rotatable bonds is 6. The maximum absolute atomic E-state index is 2.37. The van der Waals surface area contributed by atoms with E-state index >= 15 is 0 Å². The predicted molar refractivity (Wildman–Crippen MR) is 153 cm³/mol. The monoisotopic (exact) mass is 706 g/mol. The van der Waals surface area contributed by atoms with E-state index in [1.54, 1.807) is 0 Å². The van der Waals surface area contributed by atoms with Crippen molar-refractivity contribution < 1.29 is 47.8 Å². The summed E-state index contributed by atoms with van der Waals surface area (Å²) < 4.78 is 0. The second-order valence-electron chi connectivity index (χ2n) is 9.99. The molecule has 0 radical (unpaired) electrons. The van der Waals surface area contributed by atoms with Crippen molar-refractivity contribution in [2.75, 3.05) is 0 Å². The molecule has 0 nitrogen and oxygen atoms in total. The van der Waals surface area contributed by atoms with Gasteiger partial charge in [-0.1, -0.05) is 76.6 Å². The first kappa shape index (κ1) is 35.3. The summed E-state index contributed by atoms with van der Waals surface area (Å²) in [6.45, 7) is 18.0. The molecular weight excluding hydrogens is 662 g/mol. The van der Waals surface area contributed by atoms with Crippen molar-refractivity contribution in [1.29, 1.82) is 0 Å². The zero-order chi connectivity index (χ0) is 25.3. The third-order valence-corrected chi connectivity index (χ3v) is 6.40. The Bertz CT molecular complexity index is 1040. The predicted octanol–water partition coefficient (Wildman–Crippen LogP) is 3.83. The molecular formula is C32H44Cl2HfSi-2. The van der Waals surface area contributed by atoms with Gasteiger partial charge in [0, 0.05) is 0 Å². The average Bonchev–Trinajstić information content (AvgIpc) is 3.42. The molecule has 4 aromatic carbocycles. The summed E-state index contributed by atoms with van der Waals surface area (Å²) in [5, 5.41) is 5.78. The molecule has 0 fully saturated rings. The van der Waals surface area contributed by atoms with Crippen molar-refractivity contribution >= 4 is 27.0 Å². The molecule has 0 spiro atoms. The Morgan fingerprint density at radius 3 is 1.22 bits per heavy atom. The first-order valence-corrected chi connectivity index (χ1v) is 20.9. The Labute approximate surface area is 248 Å². The number of aryl methyl sites for hydroxylation is 6. The fraction of sp³-hybridized carbons (Fsp3) is 0.438. The molecule has 0 unspecified atom stereocenters. The topological polar surface area (TPSA) is 0 Å². The Morgan fingerprint density at radius 2 is 0.944 bits per heavy atom. The second kappa shape index (κ2) is 17.8. The molecule has 36 heavy (non-hydrogen) atoms. The Kier molecular flexibility index (Phi) is 17.4. The largest absolute Gasteiger partial charge is 1.00 e. The maximum Gasteiger partial charge on any atom is -1.00 e. The van der Waals surface area contributed by atoms with Crippen LogP contribution in [0.15, 0.2) is 48.5 Å².